The third-order valence-corrected chi connectivity index (χ3v) is 3.96. The van der Waals surface area contributed by atoms with Crippen LogP contribution < -0.4 is 20.1 Å². The molecule has 0 spiro atoms. The molecule has 7 heteroatoms. The summed E-state index contributed by atoms with van der Waals surface area (Å²) >= 11 is 0. The zero-order chi connectivity index (χ0) is 20.5. The van der Waals surface area contributed by atoms with Gasteiger partial charge in [-0.05, 0) is 50.8 Å². The van der Waals surface area contributed by atoms with Gasteiger partial charge in [0.15, 0.2) is 17.5 Å². The molecule has 0 unspecified atom stereocenters. The van der Waals surface area contributed by atoms with Gasteiger partial charge in [-0.2, -0.15) is 0 Å². The number of ether oxygens (including phenoxy) is 4. The molecule has 0 aliphatic carbocycles. The minimum atomic E-state index is 0.624. The summed E-state index contributed by atoms with van der Waals surface area (Å²) in [6, 6.07) is 6.10. The standard InChI is InChI=1S/C21H37N3O4/c1-5-22-21(24-13-8-14-27-16-15-25-3)23-12-7-9-18-10-11-19(26-4)20(17-18)28-6-2/h10-11,17H,5-9,12-16H2,1-4H3,(H2,22,23,24). The Kier molecular flexibility index (Phi) is 13.7. The van der Waals surface area contributed by atoms with E-state index in [1.165, 1.54) is 5.56 Å². The van der Waals surface area contributed by atoms with Crippen molar-refractivity contribution < 1.29 is 18.9 Å². The zero-order valence-electron chi connectivity index (χ0n) is 17.9. The second kappa shape index (κ2) is 16.0. The Hall–Kier alpha value is -1.99. The van der Waals surface area contributed by atoms with Gasteiger partial charge in [0.25, 0.3) is 0 Å². The van der Waals surface area contributed by atoms with E-state index in [-0.39, 0.29) is 0 Å². The highest BCUT2D eigenvalue weighted by molar-refractivity contribution is 5.79. The molecule has 1 aromatic carbocycles. The van der Waals surface area contributed by atoms with E-state index < -0.39 is 0 Å². The average Bonchev–Trinajstić information content (AvgIpc) is 2.71. The smallest absolute Gasteiger partial charge is 0.191 e. The lowest BCUT2D eigenvalue weighted by Crippen LogP contribution is -2.38. The second-order valence-electron chi connectivity index (χ2n) is 6.17. The van der Waals surface area contributed by atoms with Gasteiger partial charge in [0, 0.05) is 33.4 Å². The molecule has 0 amide bonds. The number of aliphatic imine (C=N–C) groups is 1. The van der Waals surface area contributed by atoms with Crippen LogP contribution in [-0.4, -0.2) is 66.2 Å². The molecule has 28 heavy (non-hydrogen) atoms. The summed E-state index contributed by atoms with van der Waals surface area (Å²) in [5.41, 5.74) is 1.23. The number of aryl methyl sites for hydroxylation is 1. The third-order valence-electron chi connectivity index (χ3n) is 3.96. The summed E-state index contributed by atoms with van der Waals surface area (Å²) in [7, 11) is 3.34. The van der Waals surface area contributed by atoms with Crippen molar-refractivity contribution in [1.29, 1.82) is 0 Å². The number of methoxy groups -OCH3 is 2. The highest BCUT2D eigenvalue weighted by Crippen LogP contribution is 2.28. The summed E-state index contributed by atoms with van der Waals surface area (Å²) in [5, 5.41) is 6.62. The molecule has 1 aromatic rings. The fourth-order valence-electron chi connectivity index (χ4n) is 2.59. The SMILES string of the molecule is CCNC(=NCCCc1ccc(OC)c(OCC)c1)NCCCOCCOC. The maximum atomic E-state index is 5.64. The lowest BCUT2D eigenvalue weighted by molar-refractivity contribution is 0.0698. The molecule has 0 heterocycles. The molecule has 160 valence electrons. The van der Waals surface area contributed by atoms with Gasteiger partial charge >= 0.3 is 0 Å². The maximum Gasteiger partial charge on any atom is 0.191 e. The van der Waals surface area contributed by atoms with Crippen LogP contribution in [0.2, 0.25) is 0 Å². The predicted molar refractivity (Wildman–Crippen MR) is 114 cm³/mol. The molecule has 0 saturated carbocycles. The minimum absolute atomic E-state index is 0.624. The van der Waals surface area contributed by atoms with Crippen molar-refractivity contribution in [1.82, 2.24) is 10.6 Å². The molecule has 0 aliphatic heterocycles. The first kappa shape index (κ1) is 24.0. The van der Waals surface area contributed by atoms with E-state index in [2.05, 4.69) is 34.7 Å². The number of guanidine groups is 1. The van der Waals surface area contributed by atoms with Crippen molar-refractivity contribution >= 4 is 5.96 Å². The number of hydrogen-bond acceptors (Lipinski definition) is 5. The highest BCUT2D eigenvalue weighted by atomic mass is 16.5. The molecule has 0 saturated heterocycles. The fourth-order valence-corrected chi connectivity index (χ4v) is 2.59. The van der Waals surface area contributed by atoms with Gasteiger partial charge in [0.05, 0.1) is 26.9 Å². The van der Waals surface area contributed by atoms with Crippen LogP contribution >= 0.6 is 0 Å². The predicted octanol–water partition coefficient (Wildman–Crippen LogP) is 2.63. The first-order valence-corrected chi connectivity index (χ1v) is 10.1. The zero-order valence-corrected chi connectivity index (χ0v) is 17.9. The quantitative estimate of drug-likeness (QED) is 0.270. The van der Waals surface area contributed by atoms with Crippen LogP contribution in [0.25, 0.3) is 0 Å². The molecular weight excluding hydrogens is 358 g/mol. The van der Waals surface area contributed by atoms with Crippen molar-refractivity contribution in [2.75, 3.05) is 60.3 Å². The summed E-state index contributed by atoms with van der Waals surface area (Å²) < 4.78 is 21.4. The molecule has 0 aromatic heterocycles. The summed E-state index contributed by atoms with van der Waals surface area (Å²) in [6.07, 6.45) is 2.84. The van der Waals surface area contributed by atoms with Crippen molar-refractivity contribution in [3.63, 3.8) is 0 Å². The number of rotatable bonds is 15. The Balaban J connectivity index is 2.35. The Morgan fingerprint density at radius 1 is 1.00 bits per heavy atom. The average molecular weight is 396 g/mol. The Morgan fingerprint density at radius 3 is 2.57 bits per heavy atom. The molecular formula is C21H37N3O4. The van der Waals surface area contributed by atoms with E-state index in [9.17, 15) is 0 Å². The van der Waals surface area contributed by atoms with Gasteiger partial charge in [-0.1, -0.05) is 6.07 Å². The van der Waals surface area contributed by atoms with Crippen LogP contribution in [0.3, 0.4) is 0 Å². The molecule has 0 radical (unpaired) electrons. The Labute approximate surface area is 169 Å². The van der Waals surface area contributed by atoms with Crippen LogP contribution in [0, 0.1) is 0 Å². The molecule has 0 aliphatic rings. The van der Waals surface area contributed by atoms with E-state index in [1.54, 1.807) is 14.2 Å². The Bertz CT molecular complexity index is 552. The molecule has 0 fully saturated rings. The molecule has 1 rings (SSSR count). The van der Waals surface area contributed by atoms with Crippen LogP contribution in [0.5, 0.6) is 11.5 Å². The Morgan fingerprint density at radius 2 is 1.86 bits per heavy atom. The van der Waals surface area contributed by atoms with Gasteiger partial charge < -0.3 is 29.6 Å². The molecule has 7 nitrogen and oxygen atoms in total. The number of hydrogen-bond donors (Lipinski definition) is 2. The highest BCUT2D eigenvalue weighted by Gasteiger charge is 2.05. The normalized spacial score (nSPS) is 11.4. The van der Waals surface area contributed by atoms with Crippen molar-refractivity contribution in [2.24, 2.45) is 4.99 Å². The van der Waals surface area contributed by atoms with Gasteiger partial charge in [-0.3, -0.25) is 4.99 Å². The van der Waals surface area contributed by atoms with Gasteiger partial charge in [0.2, 0.25) is 0 Å². The minimum Gasteiger partial charge on any atom is -0.493 e. The molecule has 2 N–H and O–H groups in total. The van der Waals surface area contributed by atoms with Gasteiger partial charge in [0.1, 0.15) is 0 Å². The lowest BCUT2D eigenvalue weighted by atomic mass is 10.1. The number of nitrogens with one attached hydrogen (secondary N) is 2. The fraction of sp³-hybridized carbons (Fsp3) is 0.667. The lowest BCUT2D eigenvalue weighted by Gasteiger charge is -2.12. The van der Waals surface area contributed by atoms with Crippen molar-refractivity contribution in [2.45, 2.75) is 33.1 Å². The molecule has 0 bridgehead atoms. The van der Waals surface area contributed by atoms with E-state index in [0.717, 1.165) is 63.0 Å². The molecule has 0 atom stereocenters. The largest absolute Gasteiger partial charge is 0.493 e. The second-order valence-corrected chi connectivity index (χ2v) is 6.17. The number of benzene rings is 1. The van der Waals surface area contributed by atoms with Crippen LogP contribution in [0.15, 0.2) is 23.2 Å². The van der Waals surface area contributed by atoms with Crippen molar-refractivity contribution in [3.05, 3.63) is 23.8 Å². The summed E-state index contributed by atoms with van der Waals surface area (Å²) in [4.78, 5) is 4.65. The third kappa shape index (κ3) is 10.4. The van der Waals surface area contributed by atoms with E-state index >= 15 is 0 Å². The summed E-state index contributed by atoms with van der Waals surface area (Å²) in [5.74, 6) is 2.42. The topological polar surface area (TPSA) is 73.3 Å². The van der Waals surface area contributed by atoms with E-state index in [0.29, 0.717) is 19.8 Å². The van der Waals surface area contributed by atoms with E-state index in [1.807, 2.05) is 13.0 Å². The van der Waals surface area contributed by atoms with Gasteiger partial charge in [-0.15, -0.1) is 0 Å². The maximum absolute atomic E-state index is 5.64. The number of nitrogens with zero attached hydrogens (tertiary/aromatic N) is 1. The van der Waals surface area contributed by atoms with Gasteiger partial charge in [-0.25, -0.2) is 0 Å². The first-order chi connectivity index (χ1) is 13.7. The first-order valence-electron chi connectivity index (χ1n) is 10.1. The summed E-state index contributed by atoms with van der Waals surface area (Å²) in [6.45, 7) is 9.09. The van der Waals surface area contributed by atoms with Crippen molar-refractivity contribution in [3.8, 4) is 11.5 Å². The van der Waals surface area contributed by atoms with E-state index in [4.69, 9.17) is 18.9 Å². The van der Waals surface area contributed by atoms with Crippen LogP contribution in [0.4, 0.5) is 0 Å². The van der Waals surface area contributed by atoms with Crippen LogP contribution in [0.1, 0.15) is 32.3 Å². The monoisotopic (exact) mass is 395 g/mol. The van der Waals surface area contributed by atoms with Crippen LogP contribution in [-0.2, 0) is 15.9 Å².